The first-order valence-electron chi connectivity index (χ1n) is 19.9. The lowest BCUT2D eigenvalue weighted by molar-refractivity contribution is 0.667. The van der Waals surface area contributed by atoms with Gasteiger partial charge >= 0.3 is 0 Å². The van der Waals surface area contributed by atoms with Gasteiger partial charge in [-0.1, -0.05) is 140 Å². The van der Waals surface area contributed by atoms with Gasteiger partial charge in [-0.05, 0) is 140 Å². The van der Waals surface area contributed by atoms with Crippen LogP contribution in [0.3, 0.4) is 0 Å². The average Bonchev–Trinajstić information content (AvgIpc) is 3.16. The van der Waals surface area contributed by atoms with Crippen LogP contribution in [0.25, 0.3) is 67.5 Å². The first-order valence-corrected chi connectivity index (χ1v) is 19.9. The average molecular weight is 720 g/mol. The van der Waals surface area contributed by atoms with Crippen molar-refractivity contribution in [1.82, 2.24) is 15.0 Å². The summed E-state index contributed by atoms with van der Waals surface area (Å²) in [6, 6.07) is 42.2. The van der Waals surface area contributed by atoms with Crippen LogP contribution in [0.5, 0.6) is 0 Å². The Labute approximate surface area is 328 Å². The summed E-state index contributed by atoms with van der Waals surface area (Å²) in [5.74, 6) is 1.99. The molecule has 0 N–H and O–H groups in total. The van der Waals surface area contributed by atoms with Crippen LogP contribution in [-0.4, -0.2) is 15.0 Å². The molecule has 0 atom stereocenters. The minimum Gasteiger partial charge on any atom is -0.208 e. The summed E-state index contributed by atoms with van der Waals surface area (Å²) in [4.78, 5) is 15.4. The van der Waals surface area contributed by atoms with Gasteiger partial charge in [-0.3, -0.25) is 0 Å². The predicted molar refractivity (Wildman–Crippen MR) is 233 cm³/mol. The molecule has 0 bridgehead atoms. The maximum atomic E-state index is 5.16. The monoisotopic (exact) mass is 719 g/mol. The molecule has 7 rings (SSSR count). The second-order valence-corrected chi connectivity index (χ2v) is 15.6. The molecular weight excluding hydrogens is 667 g/mol. The summed E-state index contributed by atoms with van der Waals surface area (Å²) in [5.41, 5.74) is 20.5. The highest BCUT2D eigenvalue weighted by Crippen LogP contribution is 2.34. The van der Waals surface area contributed by atoms with E-state index in [0.29, 0.717) is 17.5 Å². The molecule has 1 aromatic heterocycles. The molecule has 0 amide bonds. The molecule has 0 aliphatic rings. The molecule has 0 aliphatic heterocycles. The number of hydrogen-bond donors (Lipinski definition) is 0. The van der Waals surface area contributed by atoms with E-state index in [1.807, 2.05) is 0 Å². The molecule has 0 saturated carbocycles. The van der Waals surface area contributed by atoms with Crippen molar-refractivity contribution in [3.8, 4) is 67.5 Å². The fourth-order valence-electron chi connectivity index (χ4n) is 8.30. The molecule has 0 aliphatic carbocycles. The lowest BCUT2D eigenvalue weighted by atomic mass is 9.93. The summed E-state index contributed by atoms with van der Waals surface area (Å²) in [6.07, 6.45) is 6.24. The third-order valence-electron chi connectivity index (χ3n) is 10.8. The quantitative estimate of drug-likeness (QED) is 0.125. The van der Waals surface area contributed by atoms with Crippen LogP contribution in [0, 0.1) is 48.5 Å². The van der Waals surface area contributed by atoms with Crippen LogP contribution in [-0.2, 0) is 6.42 Å². The van der Waals surface area contributed by atoms with Crippen LogP contribution in [0.4, 0.5) is 0 Å². The van der Waals surface area contributed by atoms with E-state index in [1.165, 1.54) is 98.0 Å². The van der Waals surface area contributed by atoms with Gasteiger partial charge in [-0.2, -0.15) is 0 Å². The Balaban J connectivity index is 1.29. The minimum absolute atomic E-state index is 0.661. The fraction of sp³-hybridized carbons (Fsp3) is 0.250. The summed E-state index contributed by atoms with van der Waals surface area (Å²) >= 11 is 0. The molecule has 3 heteroatoms. The minimum atomic E-state index is 0.661. The van der Waals surface area contributed by atoms with E-state index >= 15 is 0 Å². The number of nitrogens with zero attached hydrogens (tertiary/aromatic N) is 3. The second-order valence-electron chi connectivity index (χ2n) is 15.6. The Morgan fingerprint density at radius 3 is 1.18 bits per heavy atom. The largest absolute Gasteiger partial charge is 0.208 e. The number of unbranched alkanes of at least 4 members (excludes halogenated alkanes) is 3. The number of aryl methyl sites for hydroxylation is 8. The van der Waals surface area contributed by atoms with Gasteiger partial charge in [-0.15, -0.1) is 0 Å². The smallest absolute Gasteiger partial charge is 0.164 e. The molecule has 276 valence electrons. The van der Waals surface area contributed by atoms with Crippen molar-refractivity contribution in [2.24, 2.45) is 0 Å². The molecule has 1 heterocycles. The van der Waals surface area contributed by atoms with Gasteiger partial charge in [0.05, 0.1) is 0 Å². The molecule has 0 saturated heterocycles. The molecule has 6 aromatic carbocycles. The summed E-state index contributed by atoms with van der Waals surface area (Å²) in [7, 11) is 0. The third kappa shape index (κ3) is 8.52. The number of benzene rings is 6. The van der Waals surface area contributed by atoms with Crippen molar-refractivity contribution < 1.29 is 0 Å². The van der Waals surface area contributed by atoms with Gasteiger partial charge in [0, 0.05) is 16.7 Å². The van der Waals surface area contributed by atoms with E-state index in [9.17, 15) is 0 Å². The van der Waals surface area contributed by atoms with E-state index in [4.69, 9.17) is 15.0 Å². The lowest BCUT2D eigenvalue weighted by Crippen LogP contribution is -2.01. The van der Waals surface area contributed by atoms with Gasteiger partial charge in [0.15, 0.2) is 17.5 Å². The second kappa shape index (κ2) is 16.4. The maximum Gasteiger partial charge on any atom is 0.164 e. The normalized spacial score (nSPS) is 11.3. The van der Waals surface area contributed by atoms with Gasteiger partial charge < -0.3 is 0 Å². The number of rotatable bonds is 11. The molecule has 3 nitrogen and oxygen atoms in total. The zero-order valence-electron chi connectivity index (χ0n) is 33.8. The summed E-state index contributed by atoms with van der Waals surface area (Å²) in [5, 5.41) is 0. The molecule has 0 spiro atoms. The SMILES string of the molecule is CCCCCCc1ccc(-c2cc(C)cc(-c3nc(-c4ccc(-c5c(C)cc(C)cc5C)cc4)nc(-c4ccc(-c5c(C)cc(C)cc5C)cc4)n3)c2)cc1. The Hall–Kier alpha value is -5.67. The first-order chi connectivity index (χ1) is 26.6. The topological polar surface area (TPSA) is 38.7 Å². The van der Waals surface area contributed by atoms with Crippen LogP contribution in [0.1, 0.15) is 77.1 Å². The standard InChI is InChI=1S/C52H53N3/c1-9-10-11-12-13-40-14-16-41(17-15-40)46-30-35(4)31-47(32-46)52-54-50(44-22-18-42(19-23-44)48-36(5)26-33(2)27-37(48)6)53-51(55-52)45-24-20-43(21-25-45)49-38(7)28-34(3)29-39(49)8/h14-32H,9-13H2,1-8H3. The first kappa shape index (κ1) is 37.6. The third-order valence-corrected chi connectivity index (χ3v) is 10.8. The highest BCUT2D eigenvalue weighted by atomic mass is 15.0. The predicted octanol–water partition coefficient (Wildman–Crippen LogP) is 14.2. The lowest BCUT2D eigenvalue weighted by Gasteiger charge is -2.14. The van der Waals surface area contributed by atoms with Crippen molar-refractivity contribution >= 4 is 0 Å². The zero-order valence-corrected chi connectivity index (χ0v) is 33.8. The van der Waals surface area contributed by atoms with Crippen LogP contribution >= 0.6 is 0 Å². The Morgan fingerprint density at radius 2 is 0.727 bits per heavy atom. The van der Waals surface area contributed by atoms with Crippen molar-refractivity contribution in [3.05, 3.63) is 160 Å². The highest BCUT2D eigenvalue weighted by molar-refractivity contribution is 5.77. The van der Waals surface area contributed by atoms with Crippen molar-refractivity contribution in [1.29, 1.82) is 0 Å². The van der Waals surface area contributed by atoms with Crippen LogP contribution in [0.2, 0.25) is 0 Å². The number of aromatic nitrogens is 3. The summed E-state index contributed by atoms with van der Waals surface area (Å²) < 4.78 is 0. The fourth-order valence-corrected chi connectivity index (χ4v) is 8.30. The maximum absolute atomic E-state index is 5.16. The molecule has 0 radical (unpaired) electrons. The van der Waals surface area contributed by atoms with Gasteiger partial charge in [0.25, 0.3) is 0 Å². The van der Waals surface area contributed by atoms with Gasteiger partial charge in [0.2, 0.25) is 0 Å². The highest BCUT2D eigenvalue weighted by Gasteiger charge is 2.16. The Morgan fingerprint density at radius 1 is 0.345 bits per heavy atom. The van der Waals surface area contributed by atoms with E-state index < -0.39 is 0 Å². The Kier molecular flexibility index (Phi) is 11.2. The van der Waals surface area contributed by atoms with Crippen molar-refractivity contribution in [2.75, 3.05) is 0 Å². The molecular formula is C52H53N3. The number of hydrogen-bond acceptors (Lipinski definition) is 3. The van der Waals surface area contributed by atoms with Crippen molar-refractivity contribution in [2.45, 2.75) is 87.5 Å². The molecule has 7 aromatic rings. The zero-order chi connectivity index (χ0) is 38.6. The summed E-state index contributed by atoms with van der Waals surface area (Å²) in [6.45, 7) is 17.5. The Bertz CT molecular complexity index is 2290. The van der Waals surface area contributed by atoms with Gasteiger partial charge in [0.1, 0.15) is 0 Å². The van der Waals surface area contributed by atoms with Gasteiger partial charge in [-0.25, -0.2) is 15.0 Å². The van der Waals surface area contributed by atoms with E-state index in [1.54, 1.807) is 0 Å². The molecule has 55 heavy (non-hydrogen) atoms. The van der Waals surface area contributed by atoms with Crippen molar-refractivity contribution in [3.63, 3.8) is 0 Å². The van der Waals surface area contributed by atoms with E-state index in [0.717, 1.165) is 28.7 Å². The van der Waals surface area contributed by atoms with Crippen LogP contribution in [0.15, 0.2) is 115 Å². The van der Waals surface area contributed by atoms with E-state index in [2.05, 4.69) is 171 Å². The molecule has 0 unspecified atom stereocenters. The van der Waals surface area contributed by atoms with E-state index in [-0.39, 0.29) is 0 Å². The molecule has 0 fully saturated rings. The van der Waals surface area contributed by atoms with Crippen LogP contribution < -0.4 is 0 Å².